The van der Waals surface area contributed by atoms with Crippen molar-refractivity contribution in [3.8, 4) is 0 Å². The van der Waals surface area contributed by atoms with Crippen molar-refractivity contribution in [1.29, 1.82) is 0 Å². The Morgan fingerprint density at radius 2 is 1.68 bits per heavy atom. The molecule has 3 aromatic carbocycles. The number of nitro groups is 1. The maximum absolute atomic E-state index is 14.3. The van der Waals surface area contributed by atoms with Gasteiger partial charge in [-0.15, -0.1) is 23.2 Å². The first kappa shape index (κ1) is 27.1. The van der Waals surface area contributed by atoms with E-state index in [0.717, 1.165) is 18.2 Å². The van der Waals surface area contributed by atoms with Crippen LogP contribution in [-0.4, -0.2) is 21.1 Å². The second-order valence-corrected chi connectivity index (χ2v) is 10.6. The third-order valence-corrected chi connectivity index (χ3v) is 7.41. The molecule has 2 amide bonds. The molecule has 0 radical (unpaired) electrons. The lowest BCUT2D eigenvalue weighted by Gasteiger charge is -2.11. The van der Waals surface area contributed by atoms with Crippen LogP contribution in [-0.2, 0) is 4.79 Å². The van der Waals surface area contributed by atoms with Crippen molar-refractivity contribution in [2.45, 2.75) is 17.2 Å². The van der Waals surface area contributed by atoms with Gasteiger partial charge in [0.25, 0.3) is 11.6 Å². The van der Waals surface area contributed by atoms with Crippen LogP contribution in [0.2, 0.25) is 10.0 Å². The second kappa shape index (κ2) is 10.1. The van der Waals surface area contributed by atoms with Crippen LogP contribution in [0.3, 0.4) is 0 Å². The number of nitrogens with one attached hydrogen (secondary N) is 2. The van der Waals surface area contributed by atoms with Crippen LogP contribution < -0.4 is 10.6 Å². The van der Waals surface area contributed by atoms with Crippen LogP contribution in [0, 0.1) is 34.6 Å². The SMILES string of the molecule is Cc1cc(F)c(NC(=O)c2cc(NC(=O)[C@H]3[C@H](c4ccc(F)c(Cl)c4)C3(Cl)Cl)ccc2Cl)cc1[N+](=O)[O-]. The van der Waals surface area contributed by atoms with Crippen LogP contribution in [0.15, 0.2) is 48.5 Å². The molecule has 13 heteroatoms. The summed E-state index contributed by atoms with van der Waals surface area (Å²) in [5.41, 5.74) is -0.220. The number of amides is 2. The fourth-order valence-electron chi connectivity index (χ4n) is 3.91. The van der Waals surface area contributed by atoms with Gasteiger partial charge in [-0.05, 0) is 48.9 Å². The summed E-state index contributed by atoms with van der Waals surface area (Å²) in [6, 6.07) is 9.74. The number of hydrogen-bond donors (Lipinski definition) is 2. The minimum Gasteiger partial charge on any atom is -0.326 e. The summed E-state index contributed by atoms with van der Waals surface area (Å²) in [5.74, 6) is -4.53. The molecule has 0 spiro atoms. The molecule has 1 saturated carbocycles. The monoisotopic (exact) mass is 587 g/mol. The Kier molecular flexibility index (Phi) is 7.36. The van der Waals surface area contributed by atoms with Gasteiger partial charge in [0.15, 0.2) is 0 Å². The maximum Gasteiger partial charge on any atom is 0.274 e. The smallest absolute Gasteiger partial charge is 0.274 e. The van der Waals surface area contributed by atoms with E-state index in [9.17, 15) is 28.5 Å². The van der Waals surface area contributed by atoms with Crippen molar-refractivity contribution in [2.75, 3.05) is 10.6 Å². The lowest BCUT2D eigenvalue weighted by molar-refractivity contribution is -0.385. The average Bonchev–Trinajstić information content (AvgIpc) is 3.40. The lowest BCUT2D eigenvalue weighted by atomic mass is 10.1. The summed E-state index contributed by atoms with van der Waals surface area (Å²) >= 11 is 24.6. The van der Waals surface area contributed by atoms with E-state index in [1.807, 2.05) is 0 Å². The quantitative estimate of drug-likeness (QED) is 0.180. The molecule has 0 unspecified atom stereocenters. The van der Waals surface area contributed by atoms with Crippen molar-refractivity contribution in [3.63, 3.8) is 0 Å². The van der Waals surface area contributed by atoms with Gasteiger partial charge in [0, 0.05) is 23.2 Å². The van der Waals surface area contributed by atoms with E-state index in [1.165, 1.54) is 37.3 Å². The molecule has 0 aromatic heterocycles. The highest BCUT2D eigenvalue weighted by Crippen LogP contribution is 2.65. The first-order valence-corrected chi connectivity index (χ1v) is 12.0. The molecule has 7 nitrogen and oxygen atoms in total. The van der Waals surface area contributed by atoms with Gasteiger partial charge in [0.05, 0.1) is 32.1 Å². The highest BCUT2D eigenvalue weighted by Gasteiger charge is 2.67. The fourth-order valence-corrected chi connectivity index (χ4v) is 5.13. The molecule has 2 atom stereocenters. The van der Waals surface area contributed by atoms with Crippen molar-refractivity contribution >= 4 is 75.3 Å². The third-order valence-electron chi connectivity index (χ3n) is 5.85. The maximum atomic E-state index is 14.3. The van der Waals surface area contributed by atoms with E-state index in [0.29, 0.717) is 5.56 Å². The van der Waals surface area contributed by atoms with Gasteiger partial charge < -0.3 is 10.6 Å². The third kappa shape index (κ3) is 5.36. The Bertz CT molecular complexity index is 1470. The molecule has 1 aliphatic carbocycles. The summed E-state index contributed by atoms with van der Waals surface area (Å²) in [6.45, 7) is 1.36. The Labute approximate surface area is 228 Å². The molecule has 3 aromatic rings. The lowest BCUT2D eigenvalue weighted by Crippen LogP contribution is -2.18. The number of nitro benzene ring substituents is 1. The van der Waals surface area contributed by atoms with Crippen LogP contribution in [0.5, 0.6) is 0 Å². The van der Waals surface area contributed by atoms with Crippen molar-refractivity contribution in [1.82, 2.24) is 0 Å². The molecular formula is C24H15Cl4F2N3O4. The van der Waals surface area contributed by atoms with Gasteiger partial charge in [-0.3, -0.25) is 19.7 Å². The van der Waals surface area contributed by atoms with Crippen molar-refractivity contribution < 1.29 is 23.3 Å². The van der Waals surface area contributed by atoms with Gasteiger partial charge in [-0.25, -0.2) is 8.78 Å². The van der Waals surface area contributed by atoms with E-state index >= 15 is 0 Å². The first-order chi connectivity index (χ1) is 17.3. The standard InChI is InChI=1S/C24H15Cl4F2N3O4/c1-10-6-17(30)18(9-19(10)33(36)37)32-22(34)13-8-12(3-4-14(13)25)31-23(35)21-20(24(21,27)28)11-2-5-16(29)15(26)7-11/h2-9,20-21H,1H3,(H,31,35)(H,32,34)/t20-,21+/m0/s1. The molecule has 0 aliphatic heterocycles. The van der Waals surface area contributed by atoms with E-state index in [4.69, 9.17) is 46.4 Å². The number of halogens is 6. The molecule has 37 heavy (non-hydrogen) atoms. The highest BCUT2D eigenvalue weighted by molar-refractivity contribution is 6.53. The van der Waals surface area contributed by atoms with Crippen LogP contribution in [0.25, 0.3) is 0 Å². The number of aryl methyl sites for hydroxylation is 1. The number of benzene rings is 3. The number of alkyl halides is 2. The number of carbonyl (C=O) groups is 2. The Balaban J connectivity index is 1.53. The van der Waals surface area contributed by atoms with Gasteiger partial charge in [-0.1, -0.05) is 29.3 Å². The molecule has 1 fully saturated rings. The molecule has 0 saturated heterocycles. The predicted molar refractivity (Wildman–Crippen MR) is 138 cm³/mol. The molecule has 4 rings (SSSR count). The van der Waals surface area contributed by atoms with Gasteiger partial charge in [-0.2, -0.15) is 0 Å². The Morgan fingerprint density at radius 3 is 2.32 bits per heavy atom. The molecule has 0 bridgehead atoms. The van der Waals surface area contributed by atoms with Gasteiger partial charge in [0.1, 0.15) is 16.0 Å². The molecule has 192 valence electrons. The van der Waals surface area contributed by atoms with E-state index in [1.54, 1.807) is 0 Å². The fraction of sp³-hybridized carbons (Fsp3) is 0.167. The van der Waals surface area contributed by atoms with Crippen molar-refractivity contribution in [3.05, 3.63) is 97.0 Å². The highest BCUT2D eigenvalue weighted by atomic mass is 35.5. The molecule has 0 heterocycles. The first-order valence-electron chi connectivity index (χ1n) is 10.5. The van der Waals surface area contributed by atoms with Crippen molar-refractivity contribution in [2.24, 2.45) is 5.92 Å². The topological polar surface area (TPSA) is 101 Å². The van der Waals surface area contributed by atoms with Gasteiger partial charge >= 0.3 is 0 Å². The number of rotatable bonds is 6. The average molecular weight is 589 g/mol. The minimum atomic E-state index is -1.48. The predicted octanol–water partition coefficient (Wildman–Crippen LogP) is 7.27. The Morgan fingerprint density at radius 1 is 0.973 bits per heavy atom. The van der Waals surface area contributed by atoms with E-state index in [-0.39, 0.29) is 32.5 Å². The van der Waals surface area contributed by atoms with E-state index < -0.39 is 50.2 Å². The van der Waals surface area contributed by atoms with Crippen LogP contribution >= 0.6 is 46.4 Å². The van der Waals surface area contributed by atoms with Crippen LogP contribution in [0.1, 0.15) is 27.4 Å². The summed E-state index contributed by atoms with van der Waals surface area (Å²) in [5, 5.41) is 15.9. The molecule has 1 aliphatic rings. The second-order valence-electron chi connectivity index (χ2n) is 8.32. The van der Waals surface area contributed by atoms with E-state index in [2.05, 4.69) is 10.6 Å². The summed E-state index contributed by atoms with van der Waals surface area (Å²) in [6.07, 6.45) is 0. The number of hydrogen-bond acceptors (Lipinski definition) is 4. The van der Waals surface area contributed by atoms with Crippen LogP contribution in [0.4, 0.5) is 25.8 Å². The summed E-state index contributed by atoms with van der Waals surface area (Å²) in [4.78, 5) is 36.2. The minimum absolute atomic E-state index is 0.0215. The summed E-state index contributed by atoms with van der Waals surface area (Å²) < 4.78 is 26.4. The Hall–Kier alpha value is -2.98. The number of carbonyl (C=O) groups excluding carboxylic acids is 2. The number of nitrogens with zero attached hydrogens (tertiary/aromatic N) is 1. The zero-order chi connectivity index (χ0) is 27.2. The zero-order valence-electron chi connectivity index (χ0n) is 18.6. The molecule has 2 N–H and O–H groups in total. The van der Waals surface area contributed by atoms with Gasteiger partial charge in [0.2, 0.25) is 5.91 Å². The molecular weight excluding hydrogens is 574 g/mol. The summed E-state index contributed by atoms with van der Waals surface area (Å²) in [7, 11) is 0. The normalized spacial score (nSPS) is 17.7. The number of anilines is 2. The zero-order valence-corrected chi connectivity index (χ0v) is 21.6. The largest absolute Gasteiger partial charge is 0.326 e.